The standard InChI is InChI=1S/C21H22Cl2N4S/c1-2-3-4-15-5-9-18(10-6-15)25-21(28)26-19-12-24-27(14-19)13-16-7-8-17(22)11-20(16)23/h5-12,14H,2-4,13H2,1H3,(H2,25,26,28). The average molecular weight is 433 g/mol. The second kappa shape index (κ2) is 9.92. The molecule has 1 heterocycles. The van der Waals surface area contributed by atoms with Gasteiger partial charge in [-0.1, -0.05) is 54.7 Å². The first-order valence-electron chi connectivity index (χ1n) is 9.17. The highest BCUT2D eigenvalue weighted by molar-refractivity contribution is 7.80. The Morgan fingerprint density at radius 2 is 1.82 bits per heavy atom. The fourth-order valence-electron chi connectivity index (χ4n) is 2.77. The fraction of sp³-hybridized carbons (Fsp3) is 0.238. The summed E-state index contributed by atoms with van der Waals surface area (Å²) in [4.78, 5) is 0. The first-order valence-corrected chi connectivity index (χ1v) is 10.3. The molecule has 0 aliphatic heterocycles. The summed E-state index contributed by atoms with van der Waals surface area (Å²) in [6.07, 6.45) is 7.12. The molecule has 0 spiro atoms. The normalized spacial score (nSPS) is 10.7. The quantitative estimate of drug-likeness (QED) is 0.424. The van der Waals surface area contributed by atoms with Crippen LogP contribution >= 0.6 is 35.4 Å². The molecular formula is C21H22Cl2N4S. The summed E-state index contributed by atoms with van der Waals surface area (Å²) in [5.41, 5.74) is 4.05. The molecule has 3 aromatic rings. The Hall–Kier alpha value is -2.08. The van der Waals surface area contributed by atoms with Crippen LogP contribution < -0.4 is 10.6 Å². The molecule has 2 aromatic carbocycles. The van der Waals surface area contributed by atoms with Crippen LogP contribution in [0.15, 0.2) is 54.9 Å². The van der Waals surface area contributed by atoms with Crippen molar-refractivity contribution in [3.05, 3.63) is 76.0 Å². The van der Waals surface area contributed by atoms with Crippen LogP contribution in [0.3, 0.4) is 0 Å². The lowest BCUT2D eigenvalue weighted by atomic mass is 10.1. The monoisotopic (exact) mass is 432 g/mol. The maximum absolute atomic E-state index is 6.23. The number of nitrogens with zero attached hydrogens (tertiary/aromatic N) is 2. The lowest BCUT2D eigenvalue weighted by molar-refractivity contribution is 0.687. The number of anilines is 2. The van der Waals surface area contributed by atoms with Crippen LogP contribution in [0.4, 0.5) is 11.4 Å². The van der Waals surface area contributed by atoms with E-state index in [-0.39, 0.29) is 0 Å². The van der Waals surface area contributed by atoms with E-state index in [1.54, 1.807) is 16.9 Å². The summed E-state index contributed by atoms with van der Waals surface area (Å²) >= 11 is 17.6. The molecule has 0 atom stereocenters. The number of halogens is 2. The zero-order chi connectivity index (χ0) is 19.9. The topological polar surface area (TPSA) is 41.9 Å². The third-order valence-corrected chi connectivity index (χ3v) is 5.06. The zero-order valence-corrected chi connectivity index (χ0v) is 17.9. The van der Waals surface area contributed by atoms with E-state index in [0.717, 1.165) is 23.4 Å². The molecule has 0 radical (unpaired) electrons. The van der Waals surface area contributed by atoms with E-state index in [9.17, 15) is 0 Å². The van der Waals surface area contributed by atoms with Gasteiger partial charge in [0.2, 0.25) is 0 Å². The second-order valence-electron chi connectivity index (χ2n) is 6.54. The van der Waals surface area contributed by atoms with Crippen LogP contribution in [0.1, 0.15) is 30.9 Å². The van der Waals surface area contributed by atoms with E-state index < -0.39 is 0 Å². The van der Waals surface area contributed by atoms with Gasteiger partial charge in [0.15, 0.2) is 5.11 Å². The number of aromatic nitrogens is 2. The summed E-state index contributed by atoms with van der Waals surface area (Å²) in [7, 11) is 0. The van der Waals surface area contributed by atoms with Gasteiger partial charge in [-0.25, -0.2) is 0 Å². The van der Waals surface area contributed by atoms with Crippen molar-refractivity contribution in [2.24, 2.45) is 0 Å². The zero-order valence-electron chi connectivity index (χ0n) is 15.6. The van der Waals surface area contributed by atoms with E-state index in [2.05, 4.69) is 34.8 Å². The Kier molecular flexibility index (Phi) is 7.31. The van der Waals surface area contributed by atoms with Crippen LogP contribution in [0.5, 0.6) is 0 Å². The predicted molar refractivity (Wildman–Crippen MR) is 123 cm³/mol. The van der Waals surface area contributed by atoms with Gasteiger partial charge in [-0.3, -0.25) is 4.68 Å². The summed E-state index contributed by atoms with van der Waals surface area (Å²) in [5.74, 6) is 0. The highest BCUT2D eigenvalue weighted by Crippen LogP contribution is 2.22. The van der Waals surface area contributed by atoms with Crippen molar-refractivity contribution in [2.45, 2.75) is 32.7 Å². The molecule has 3 rings (SSSR count). The van der Waals surface area contributed by atoms with E-state index in [1.165, 1.54) is 18.4 Å². The summed E-state index contributed by atoms with van der Waals surface area (Å²) in [6.45, 7) is 2.75. The fourth-order valence-corrected chi connectivity index (χ4v) is 3.47. The van der Waals surface area contributed by atoms with Gasteiger partial charge < -0.3 is 10.6 Å². The molecule has 0 aliphatic carbocycles. The molecule has 0 amide bonds. The van der Waals surface area contributed by atoms with E-state index in [0.29, 0.717) is 21.7 Å². The summed E-state index contributed by atoms with van der Waals surface area (Å²) in [6, 6.07) is 13.8. The van der Waals surface area contributed by atoms with E-state index in [4.69, 9.17) is 35.4 Å². The molecule has 7 heteroatoms. The number of hydrogen-bond donors (Lipinski definition) is 2. The van der Waals surface area contributed by atoms with Gasteiger partial charge >= 0.3 is 0 Å². The minimum absolute atomic E-state index is 0.519. The third kappa shape index (κ3) is 5.96. The van der Waals surface area contributed by atoms with Gasteiger partial charge in [0.05, 0.1) is 18.4 Å². The molecule has 0 saturated carbocycles. The molecular weight excluding hydrogens is 411 g/mol. The lowest BCUT2D eigenvalue weighted by Crippen LogP contribution is -2.18. The Morgan fingerprint density at radius 3 is 2.54 bits per heavy atom. The Morgan fingerprint density at radius 1 is 1.07 bits per heavy atom. The summed E-state index contributed by atoms with van der Waals surface area (Å²) in [5, 5.41) is 12.5. The van der Waals surface area contributed by atoms with Gasteiger partial charge in [0.25, 0.3) is 0 Å². The van der Waals surface area contributed by atoms with Gasteiger partial charge in [-0.2, -0.15) is 5.10 Å². The molecule has 146 valence electrons. The maximum atomic E-state index is 6.23. The molecule has 0 aliphatic rings. The smallest absolute Gasteiger partial charge is 0.175 e. The highest BCUT2D eigenvalue weighted by atomic mass is 35.5. The largest absolute Gasteiger partial charge is 0.332 e. The van der Waals surface area contributed by atoms with Crippen molar-refractivity contribution in [1.82, 2.24) is 9.78 Å². The Balaban J connectivity index is 1.55. The van der Waals surface area contributed by atoms with E-state index in [1.807, 2.05) is 30.5 Å². The number of unbranched alkanes of at least 4 members (excludes halogenated alkanes) is 1. The van der Waals surface area contributed by atoms with Crippen LogP contribution in [0, 0.1) is 0 Å². The number of nitrogens with one attached hydrogen (secondary N) is 2. The highest BCUT2D eigenvalue weighted by Gasteiger charge is 2.06. The number of aryl methyl sites for hydroxylation is 1. The molecule has 0 bridgehead atoms. The van der Waals surface area contributed by atoms with Crippen molar-refractivity contribution < 1.29 is 0 Å². The minimum Gasteiger partial charge on any atom is -0.332 e. The molecule has 28 heavy (non-hydrogen) atoms. The number of hydrogen-bond acceptors (Lipinski definition) is 2. The number of rotatable bonds is 7. The van der Waals surface area contributed by atoms with Crippen molar-refractivity contribution in [3.63, 3.8) is 0 Å². The van der Waals surface area contributed by atoms with Gasteiger partial charge in [0, 0.05) is 21.9 Å². The number of thiocarbonyl (C=S) groups is 1. The van der Waals surface area contributed by atoms with Gasteiger partial charge in [-0.15, -0.1) is 0 Å². The van der Waals surface area contributed by atoms with Crippen LogP contribution in [-0.4, -0.2) is 14.9 Å². The van der Waals surface area contributed by atoms with Crippen LogP contribution in [0.2, 0.25) is 10.0 Å². The number of benzene rings is 2. The van der Waals surface area contributed by atoms with Crippen LogP contribution in [-0.2, 0) is 13.0 Å². The lowest BCUT2D eigenvalue weighted by Gasteiger charge is -2.10. The van der Waals surface area contributed by atoms with Gasteiger partial charge in [0.1, 0.15) is 0 Å². The Labute approximate surface area is 180 Å². The molecule has 0 fully saturated rings. The molecule has 0 saturated heterocycles. The molecule has 0 unspecified atom stereocenters. The average Bonchev–Trinajstić information content (AvgIpc) is 3.10. The summed E-state index contributed by atoms with van der Waals surface area (Å²) < 4.78 is 1.79. The van der Waals surface area contributed by atoms with Crippen molar-refractivity contribution in [3.8, 4) is 0 Å². The first-order chi connectivity index (χ1) is 13.5. The van der Waals surface area contributed by atoms with Crippen LogP contribution in [0.25, 0.3) is 0 Å². The van der Waals surface area contributed by atoms with Gasteiger partial charge in [-0.05, 0) is 60.5 Å². The molecule has 2 N–H and O–H groups in total. The molecule has 4 nitrogen and oxygen atoms in total. The molecule has 1 aromatic heterocycles. The third-order valence-electron chi connectivity index (χ3n) is 4.27. The Bertz CT molecular complexity index is 938. The predicted octanol–water partition coefficient (Wildman–Crippen LogP) is 6.39. The van der Waals surface area contributed by atoms with E-state index >= 15 is 0 Å². The van der Waals surface area contributed by atoms with Crippen molar-refractivity contribution >= 4 is 51.9 Å². The minimum atomic E-state index is 0.519. The second-order valence-corrected chi connectivity index (χ2v) is 7.79. The first kappa shape index (κ1) is 20.6. The maximum Gasteiger partial charge on any atom is 0.175 e. The van der Waals surface area contributed by atoms with Crippen molar-refractivity contribution in [2.75, 3.05) is 10.6 Å². The van der Waals surface area contributed by atoms with Crippen molar-refractivity contribution in [1.29, 1.82) is 0 Å². The SMILES string of the molecule is CCCCc1ccc(NC(=S)Nc2cnn(Cc3ccc(Cl)cc3Cl)c2)cc1.